The molecular weight excluding hydrogens is 255 g/mol. The van der Waals surface area contributed by atoms with E-state index >= 15 is 0 Å². The Balaban J connectivity index is 2.90. The SMILES string of the molecule is C/C=C/C(=C\C(F)=C\NN)Oc1cccc(Cl)c1. The van der Waals surface area contributed by atoms with Crippen LogP contribution < -0.4 is 16.0 Å². The second-order valence-corrected chi connectivity index (χ2v) is 3.74. The number of nitrogens with one attached hydrogen (secondary N) is 1. The van der Waals surface area contributed by atoms with Gasteiger partial charge < -0.3 is 10.2 Å². The molecule has 96 valence electrons. The molecule has 0 saturated carbocycles. The Hall–Kier alpha value is -1.78. The average molecular weight is 269 g/mol. The van der Waals surface area contributed by atoms with Crippen molar-refractivity contribution in [1.82, 2.24) is 5.43 Å². The van der Waals surface area contributed by atoms with E-state index in [-0.39, 0.29) is 0 Å². The summed E-state index contributed by atoms with van der Waals surface area (Å²) in [5, 5.41) is 0.548. The zero-order valence-corrected chi connectivity index (χ0v) is 10.6. The van der Waals surface area contributed by atoms with E-state index in [4.69, 9.17) is 22.2 Å². The molecular formula is C13H14ClFN2O. The maximum absolute atomic E-state index is 13.3. The standard InChI is InChI=1S/C13H14ClFN2O/c1-2-4-12(8-11(15)9-17-16)18-13-6-3-5-10(14)7-13/h2-9,17H,16H2,1H3/b4-2+,11-9-,12-8+. The fourth-order valence-corrected chi connectivity index (χ4v) is 1.38. The highest BCUT2D eigenvalue weighted by Gasteiger charge is 2.00. The Morgan fingerprint density at radius 2 is 2.28 bits per heavy atom. The summed E-state index contributed by atoms with van der Waals surface area (Å²) in [4.78, 5) is 0. The zero-order valence-electron chi connectivity index (χ0n) is 9.86. The monoisotopic (exact) mass is 268 g/mol. The van der Waals surface area contributed by atoms with Crippen molar-refractivity contribution < 1.29 is 9.13 Å². The summed E-state index contributed by atoms with van der Waals surface area (Å²) in [7, 11) is 0. The van der Waals surface area contributed by atoms with Crippen molar-refractivity contribution >= 4 is 11.6 Å². The van der Waals surface area contributed by atoms with Gasteiger partial charge in [-0.1, -0.05) is 23.7 Å². The molecule has 1 rings (SSSR count). The molecule has 0 amide bonds. The van der Waals surface area contributed by atoms with E-state index in [1.54, 1.807) is 43.3 Å². The topological polar surface area (TPSA) is 47.3 Å². The summed E-state index contributed by atoms with van der Waals surface area (Å²) >= 11 is 5.83. The quantitative estimate of drug-likeness (QED) is 0.372. The molecule has 0 aliphatic rings. The molecule has 18 heavy (non-hydrogen) atoms. The summed E-state index contributed by atoms with van der Waals surface area (Å²) in [5.74, 6) is 5.30. The molecule has 0 spiro atoms. The first kappa shape index (κ1) is 14.3. The summed E-state index contributed by atoms with van der Waals surface area (Å²) in [6, 6.07) is 6.85. The van der Waals surface area contributed by atoms with Crippen LogP contribution in [0.1, 0.15) is 6.92 Å². The number of hydrazine groups is 1. The molecule has 0 saturated heterocycles. The first-order chi connectivity index (χ1) is 8.65. The summed E-state index contributed by atoms with van der Waals surface area (Å²) < 4.78 is 18.8. The van der Waals surface area contributed by atoms with Gasteiger partial charge >= 0.3 is 0 Å². The maximum Gasteiger partial charge on any atom is 0.143 e. The minimum atomic E-state index is -0.548. The van der Waals surface area contributed by atoms with Gasteiger partial charge in [0, 0.05) is 17.3 Å². The third-order valence-corrected chi connectivity index (χ3v) is 2.10. The molecule has 0 aromatic heterocycles. The minimum absolute atomic E-state index is 0.337. The minimum Gasteiger partial charge on any atom is -0.457 e. The van der Waals surface area contributed by atoms with Crippen LogP contribution in [0, 0.1) is 0 Å². The number of allylic oxidation sites excluding steroid dienone is 4. The molecule has 0 heterocycles. The normalized spacial score (nSPS) is 12.9. The molecule has 0 aliphatic carbocycles. The van der Waals surface area contributed by atoms with E-state index in [0.717, 1.165) is 6.20 Å². The maximum atomic E-state index is 13.3. The first-order valence-corrected chi connectivity index (χ1v) is 5.63. The van der Waals surface area contributed by atoms with E-state index in [9.17, 15) is 4.39 Å². The molecule has 0 aliphatic heterocycles. The Morgan fingerprint density at radius 1 is 1.50 bits per heavy atom. The number of hydrogen-bond donors (Lipinski definition) is 2. The van der Waals surface area contributed by atoms with Gasteiger partial charge in [0.2, 0.25) is 0 Å². The number of nitrogens with two attached hydrogens (primary N) is 1. The summed E-state index contributed by atoms with van der Waals surface area (Å²) in [5.41, 5.74) is 2.11. The number of ether oxygens (including phenoxy) is 1. The van der Waals surface area contributed by atoms with Gasteiger partial charge in [-0.15, -0.1) is 0 Å². The van der Waals surface area contributed by atoms with E-state index < -0.39 is 5.83 Å². The van der Waals surface area contributed by atoms with E-state index in [0.29, 0.717) is 16.5 Å². The molecule has 5 heteroatoms. The van der Waals surface area contributed by atoms with Gasteiger partial charge in [0.05, 0.1) is 0 Å². The molecule has 1 aromatic carbocycles. The molecule has 0 atom stereocenters. The summed E-state index contributed by atoms with van der Waals surface area (Å²) in [6.07, 6.45) is 5.59. The molecule has 0 unspecified atom stereocenters. The number of halogens is 2. The lowest BCUT2D eigenvalue weighted by Gasteiger charge is -2.06. The van der Waals surface area contributed by atoms with Crippen LogP contribution in [0.3, 0.4) is 0 Å². The smallest absolute Gasteiger partial charge is 0.143 e. The zero-order chi connectivity index (χ0) is 13.4. The van der Waals surface area contributed by atoms with Crippen LogP contribution in [-0.2, 0) is 0 Å². The van der Waals surface area contributed by atoms with E-state index in [1.165, 1.54) is 6.08 Å². The fourth-order valence-electron chi connectivity index (χ4n) is 1.20. The molecule has 0 radical (unpaired) electrons. The fraction of sp³-hybridized carbons (Fsp3) is 0.0769. The lowest BCUT2D eigenvalue weighted by Crippen LogP contribution is -2.13. The van der Waals surface area contributed by atoms with Gasteiger partial charge in [0.1, 0.15) is 17.3 Å². The lowest BCUT2D eigenvalue weighted by atomic mass is 10.3. The van der Waals surface area contributed by atoms with Crippen LogP contribution in [0.15, 0.2) is 60.3 Å². The van der Waals surface area contributed by atoms with Crippen LogP contribution >= 0.6 is 11.6 Å². The number of rotatable bonds is 5. The summed E-state index contributed by atoms with van der Waals surface area (Å²) in [6.45, 7) is 1.80. The number of benzene rings is 1. The third-order valence-electron chi connectivity index (χ3n) is 1.86. The van der Waals surface area contributed by atoms with Crippen LogP contribution in [0.25, 0.3) is 0 Å². The first-order valence-electron chi connectivity index (χ1n) is 5.25. The van der Waals surface area contributed by atoms with Crippen LogP contribution in [-0.4, -0.2) is 0 Å². The Kier molecular flexibility index (Phi) is 5.97. The van der Waals surface area contributed by atoms with Gasteiger partial charge in [-0.25, -0.2) is 4.39 Å². The lowest BCUT2D eigenvalue weighted by molar-refractivity contribution is 0.441. The van der Waals surface area contributed by atoms with Crippen molar-refractivity contribution in [2.24, 2.45) is 5.84 Å². The molecule has 3 nitrogen and oxygen atoms in total. The molecule has 3 N–H and O–H groups in total. The van der Waals surface area contributed by atoms with Crippen molar-refractivity contribution in [3.05, 3.63) is 65.3 Å². The van der Waals surface area contributed by atoms with Crippen LogP contribution in [0.2, 0.25) is 5.02 Å². The highest BCUT2D eigenvalue weighted by Crippen LogP contribution is 2.20. The largest absolute Gasteiger partial charge is 0.457 e. The van der Waals surface area contributed by atoms with Crippen LogP contribution in [0.4, 0.5) is 4.39 Å². The Morgan fingerprint density at radius 3 is 2.89 bits per heavy atom. The van der Waals surface area contributed by atoms with E-state index in [1.807, 2.05) is 0 Å². The number of hydrogen-bond acceptors (Lipinski definition) is 3. The predicted octanol–water partition coefficient (Wildman–Crippen LogP) is 3.45. The Bertz CT molecular complexity index is 484. The van der Waals surface area contributed by atoms with Crippen molar-refractivity contribution in [2.75, 3.05) is 0 Å². The van der Waals surface area contributed by atoms with Gasteiger partial charge in [-0.2, -0.15) is 0 Å². The molecule has 0 fully saturated rings. The highest BCUT2D eigenvalue weighted by atomic mass is 35.5. The average Bonchev–Trinajstić information content (AvgIpc) is 2.29. The van der Waals surface area contributed by atoms with Crippen molar-refractivity contribution in [1.29, 1.82) is 0 Å². The Labute approximate surface area is 110 Å². The highest BCUT2D eigenvalue weighted by molar-refractivity contribution is 6.30. The van der Waals surface area contributed by atoms with Gasteiger partial charge in [0.25, 0.3) is 0 Å². The van der Waals surface area contributed by atoms with Gasteiger partial charge in [0.15, 0.2) is 0 Å². The molecule has 1 aromatic rings. The predicted molar refractivity (Wildman–Crippen MR) is 71.5 cm³/mol. The molecule has 0 bridgehead atoms. The van der Waals surface area contributed by atoms with Gasteiger partial charge in [-0.3, -0.25) is 5.84 Å². The van der Waals surface area contributed by atoms with Crippen molar-refractivity contribution in [3.63, 3.8) is 0 Å². The third kappa shape index (κ3) is 5.03. The second kappa shape index (κ2) is 7.53. The van der Waals surface area contributed by atoms with Crippen LogP contribution in [0.5, 0.6) is 5.75 Å². The van der Waals surface area contributed by atoms with Crippen molar-refractivity contribution in [3.8, 4) is 5.75 Å². The van der Waals surface area contributed by atoms with Crippen molar-refractivity contribution in [2.45, 2.75) is 6.92 Å². The van der Waals surface area contributed by atoms with Gasteiger partial charge in [-0.05, 0) is 31.2 Å². The van der Waals surface area contributed by atoms with E-state index in [2.05, 4.69) is 5.43 Å². The second-order valence-electron chi connectivity index (χ2n) is 3.30.